The van der Waals surface area contributed by atoms with Gasteiger partial charge in [0.25, 0.3) is 0 Å². The van der Waals surface area contributed by atoms with Gasteiger partial charge in [-0.15, -0.1) is 10.6 Å². The third-order valence-corrected chi connectivity index (χ3v) is 4.55. The molecule has 0 fully saturated rings. The van der Waals surface area contributed by atoms with Crippen molar-refractivity contribution in [3.63, 3.8) is 0 Å². The Morgan fingerprint density at radius 3 is 2.78 bits per heavy atom. The monoisotopic (exact) mass is 382 g/mol. The summed E-state index contributed by atoms with van der Waals surface area (Å²) >= 11 is 6.75. The van der Waals surface area contributed by atoms with Gasteiger partial charge >= 0.3 is 0 Å². The molecule has 140 valence electrons. The number of hydrogen-bond donors (Lipinski definition) is 3. The molecule has 3 rings (SSSR count). The lowest BCUT2D eigenvalue weighted by Gasteiger charge is -2.13. The molecule has 1 aliphatic rings. The van der Waals surface area contributed by atoms with Crippen molar-refractivity contribution in [2.75, 3.05) is 0 Å². The van der Waals surface area contributed by atoms with Gasteiger partial charge in [-0.1, -0.05) is 42.8 Å². The molecule has 0 saturated carbocycles. The highest BCUT2D eigenvalue weighted by atomic mass is 35.5. The van der Waals surface area contributed by atoms with E-state index >= 15 is 0 Å². The maximum absolute atomic E-state index is 6.75. The summed E-state index contributed by atoms with van der Waals surface area (Å²) in [6.45, 7) is 6.17. The topological polar surface area (TPSA) is 66.3 Å². The second kappa shape index (κ2) is 8.70. The molecule has 1 aromatic carbocycles. The molecule has 0 aliphatic carbocycles. The molecule has 0 bridgehead atoms. The fourth-order valence-electron chi connectivity index (χ4n) is 2.92. The number of aromatic nitrogens is 2. The molecule has 3 N–H and O–H groups in total. The van der Waals surface area contributed by atoms with Crippen LogP contribution < -0.4 is 16.5 Å². The first-order chi connectivity index (χ1) is 13.1. The number of allylic oxidation sites excluding steroid dienone is 6. The number of hydrazone groups is 1. The first kappa shape index (κ1) is 18.9. The Bertz CT molecular complexity index is 922. The Hall–Kier alpha value is -2.83. The average molecular weight is 383 g/mol. The highest BCUT2D eigenvalue weighted by Gasteiger charge is 2.13. The van der Waals surface area contributed by atoms with Gasteiger partial charge < -0.3 is 4.57 Å². The van der Waals surface area contributed by atoms with E-state index in [1.54, 1.807) is 12.5 Å². The molecular weight excluding hydrogens is 360 g/mol. The van der Waals surface area contributed by atoms with E-state index in [9.17, 15) is 0 Å². The summed E-state index contributed by atoms with van der Waals surface area (Å²) in [7, 11) is 0. The summed E-state index contributed by atoms with van der Waals surface area (Å²) in [4.78, 5) is 4.11. The molecular formula is C20H23ClN6. The van der Waals surface area contributed by atoms with Gasteiger partial charge in [-0.2, -0.15) is 0 Å². The number of nitrogens with one attached hydrogen (secondary N) is 3. The molecule has 1 aliphatic heterocycles. The largest absolute Gasteiger partial charge is 0.307 e. The van der Waals surface area contributed by atoms with E-state index in [2.05, 4.69) is 58.6 Å². The highest BCUT2D eigenvalue weighted by Crippen LogP contribution is 2.31. The van der Waals surface area contributed by atoms with Crippen LogP contribution in [0.3, 0.4) is 0 Å². The molecule has 2 heterocycles. The molecule has 7 heteroatoms. The van der Waals surface area contributed by atoms with E-state index in [-0.39, 0.29) is 0 Å². The first-order valence-electron chi connectivity index (χ1n) is 8.81. The Balaban J connectivity index is 1.96. The number of hydrazine groups is 2. The summed E-state index contributed by atoms with van der Waals surface area (Å²) in [5.41, 5.74) is 13.6. The van der Waals surface area contributed by atoms with Crippen LogP contribution in [0.5, 0.6) is 0 Å². The second-order valence-electron chi connectivity index (χ2n) is 6.05. The van der Waals surface area contributed by atoms with Crippen LogP contribution in [0.4, 0.5) is 0 Å². The van der Waals surface area contributed by atoms with Crippen molar-refractivity contribution in [1.82, 2.24) is 26.0 Å². The first-order valence-corrected chi connectivity index (χ1v) is 9.19. The maximum atomic E-state index is 6.75. The summed E-state index contributed by atoms with van der Waals surface area (Å²) in [5, 5.41) is 4.84. The number of rotatable bonds is 6. The Morgan fingerprint density at radius 1 is 1.33 bits per heavy atom. The number of aryl methyl sites for hydroxylation is 1. The molecule has 0 radical (unpaired) electrons. The van der Waals surface area contributed by atoms with E-state index in [4.69, 9.17) is 11.6 Å². The van der Waals surface area contributed by atoms with Crippen LogP contribution in [0.15, 0.2) is 65.3 Å². The molecule has 2 aromatic rings. The van der Waals surface area contributed by atoms with Gasteiger partial charge in [0.05, 0.1) is 11.4 Å². The summed E-state index contributed by atoms with van der Waals surface area (Å²) in [5.74, 6) is 0.753. The molecule has 0 unspecified atom stereocenters. The molecule has 6 nitrogen and oxygen atoms in total. The minimum Gasteiger partial charge on any atom is -0.307 e. The zero-order chi connectivity index (χ0) is 19.2. The minimum absolute atomic E-state index is 0.689. The van der Waals surface area contributed by atoms with Crippen molar-refractivity contribution >= 4 is 28.7 Å². The van der Waals surface area contributed by atoms with E-state index in [1.807, 2.05) is 35.9 Å². The van der Waals surface area contributed by atoms with Gasteiger partial charge in [0, 0.05) is 23.7 Å². The summed E-state index contributed by atoms with van der Waals surface area (Å²) in [6, 6.07) is 6.20. The van der Waals surface area contributed by atoms with E-state index in [0.29, 0.717) is 5.03 Å². The van der Waals surface area contributed by atoms with Gasteiger partial charge in [-0.3, -0.25) is 5.43 Å². The van der Waals surface area contributed by atoms with Crippen LogP contribution in [0, 0.1) is 6.92 Å². The van der Waals surface area contributed by atoms with Crippen molar-refractivity contribution in [2.24, 2.45) is 5.10 Å². The lowest BCUT2D eigenvalue weighted by atomic mass is 9.96. The Morgan fingerprint density at radius 2 is 2.19 bits per heavy atom. The number of halogens is 1. The second-order valence-corrected chi connectivity index (χ2v) is 6.46. The highest BCUT2D eigenvalue weighted by molar-refractivity contribution is 6.37. The fourth-order valence-corrected chi connectivity index (χ4v) is 3.21. The number of amidine groups is 1. The van der Waals surface area contributed by atoms with Crippen molar-refractivity contribution in [1.29, 1.82) is 0 Å². The zero-order valence-corrected chi connectivity index (χ0v) is 16.4. The van der Waals surface area contributed by atoms with Crippen LogP contribution >= 0.6 is 11.6 Å². The maximum Gasteiger partial charge on any atom is 0.170 e. The van der Waals surface area contributed by atoms with Crippen molar-refractivity contribution in [3.05, 3.63) is 76.9 Å². The van der Waals surface area contributed by atoms with E-state index < -0.39 is 0 Å². The molecule has 0 saturated heterocycles. The van der Waals surface area contributed by atoms with Crippen molar-refractivity contribution in [2.45, 2.75) is 27.2 Å². The average Bonchev–Trinajstić information content (AvgIpc) is 3.38. The van der Waals surface area contributed by atoms with Crippen LogP contribution in [0.25, 0.3) is 11.3 Å². The van der Waals surface area contributed by atoms with Gasteiger partial charge in [0.2, 0.25) is 0 Å². The SMILES string of the molecule is C\C=C(/C=C(Cl)\C(=C/CC)c1ccc(C2=NNNN2)cc1C)n1ccnc1. The Labute approximate surface area is 164 Å². The normalized spacial score (nSPS) is 15.4. The molecule has 0 amide bonds. The zero-order valence-electron chi connectivity index (χ0n) is 15.6. The van der Waals surface area contributed by atoms with E-state index in [1.165, 1.54) is 0 Å². The van der Waals surface area contributed by atoms with Gasteiger partial charge in [0.15, 0.2) is 5.84 Å². The molecule has 0 atom stereocenters. The smallest absolute Gasteiger partial charge is 0.170 e. The predicted molar refractivity (Wildman–Crippen MR) is 112 cm³/mol. The van der Waals surface area contributed by atoms with E-state index in [0.717, 1.165) is 40.2 Å². The van der Waals surface area contributed by atoms with Gasteiger partial charge in [-0.25, -0.2) is 10.5 Å². The third kappa shape index (κ3) is 4.30. The van der Waals surface area contributed by atoms with Crippen molar-refractivity contribution < 1.29 is 0 Å². The Kier molecular flexibility index (Phi) is 6.11. The van der Waals surface area contributed by atoms with Crippen LogP contribution in [-0.2, 0) is 0 Å². The lowest BCUT2D eigenvalue weighted by molar-refractivity contribution is 0.577. The van der Waals surface area contributed by atoms with Gasteiger partial charge in [-0.05, 0) is 49.1 Å². The number of nitrogens with zero attached hydrogens (tertiary/aromatic N) is 3. The minimum atomic E-state index is 0.689. The van der Waals surface area contributed by atoms with Gasteiger partial charge in [0.1, 0.15) is 0 Å². The molecule has 0 spiro atoms. The van der Waals surface area contributed by atoms with Crippen LogP contribution in [0.2, 0.25) is 0 Å². The fraction of sp³-hybridized carbons (Fsp3) is 0.200. The molecule has 1 aromatic heterocycles. The van der Waals surface area contributed by atoms with Crippen LogP contribution in [-0.4, -0.2) is 15.4 Å². The quantitative estimate of drug-likeness (QED) is 0.662. The standard InChI is InChI=1S/C20H23ClN6/c1-4-6-18(19(21)12-16(5-2)27-10-9-22-13-27)17-8-7-15(11-14(17)3)20-23-25-26-24-20/h5-13,25-26H,4H2,1-3H3,(H,23,24)/b16-5+,18-6-,19-12+. The summed E-state index contributed by atoms with van der Waals surface area (Å²) in [6.07, 6.45) is 12.4. The number of imidazole rings is 1. The number of benzene rings is 1. The third-order valence-electron chi connectivity index (χ3n) is 4.23. The number of hydrogen-bond acceptors (Lipinski definition) is 5. The lowest BCUT2D eigenvalue weighted by Crippen LogP contribution is -2.35. The molecule has 27 heavy (non-hydrogen) atoms. The van der Waals surface area contributed by atoms with Crippen LogP contribution in [0.1, 0.15) is 37.0 Å². The van der Waals surface area contributed by atoms with Crippen molar-refractivity contribution in [3.8, 4) is 0 Å². The predicted octanol–water partition coefficient (Wildman–Crippen LogP) is 3.94. The summed E-state index contributed by atoms with van der Waals surface area (Å²) < 4.78 is 1.94.